The highest BCUT2D eigenvalue weighted by atomic mass is 32.2. The van der Waals surface area contributed by atoms with Gasteiger partial charge in [0.2, 0.25) is 0 Å². The van der Waals surface area contributed by atoms with E-state index in [4.69, 9.17) is 4.74 Å². The van der Waals surface area contributed by atoms with E-state index in [2.05, 4.69) is 22.5 Å². The first-order chi connectivity index (χ1) is 7.78. The molecule has 2 nitrogen and oxygen atoms in total. The molecule has 0 amide bonds. The van der Waals surface area contributed by atoms with Crippen LogP contribution >= 0.6 is 23.1 Å². The van der Waals surface area contributed by atoms with Crippen LogP contribution in [0.15, 0.2) is 34.5 Å². The first-order valence-corrected chi connectivity index (χ1v) is 6.82. The third-order valence-electron chi connectivity index (χ3n) is 2.11. The van der Waals surface area contributed by atoms with Gasteiger partial charge in [-0.15, -0.1) is 23.1 Å². The molecule has 2 rings (SSSR count). The number of hydrogen-bond acceptors (Lipinski definition) is 4. The normalized spacial score (nSPS) is 10.4. The van der Waals surface area contributed by atoms with Gasteiger partial charge in [-0.3, -0.25) is 0 Å². The van der Waals surface area contributed by atoms with Gasteiger partial charge in [0.15, 0.2) is 0 Å². The Bertz CT molecular complexity index is 450. The van der Waals surface area contributed by atoms with Crippen molar-refractivity contribution < 1.29 is 4.74 Å². The maximum absolute atomic E-state index is 5.12. The molecule has 0 spiro atoms. The van der Waals surface area contributed by atoms with Crippen LogP contribution in [0.1, 0.15) is 10.7 Å². The number of aromatic nitrogens is 1. The summed E-state index contributed by atoms with van der Waals surface area (Å²) < 4.78 is 5.12. The second-order valence-electron chi connectivity index (χ2n) is 3.32. The van der Waals surface area contributed by atoms with Gasteiger partial charge in [-0.05, 0) is 31.2 Å². The van der Waals surface area contributed by atoms with Crippen LogP contribution in [-0.4, -0.2) is 12.1 Å². The lowest BCUT2D eigenvalue weighted by molar-refractivity contribution is 0.414. The van der Waals surface area contributed by atoms with E-state index in [1.165, 1.54) is 4.90 Å². The monoisotopic (exact) mass is 251 g/mol. The summed E-state index contributed by atoms with van der Waals surface area (Å²) in [6, 6.07) is 8.11. The number of thiazole rings is 1. The lowest BCUT2D eigenvalue weighted by atomic mass is 10.3. The molecule has 2 aromatic rings. The molecule has 0 aliphatic carbocycles. The van der Waals surface area contributed by atoms with Crippen molar-refractivity contribution in [1.29, 1.82) is 0 Å². The van der Waals surface area contributed by atoms with Crippen LogP contribution in [0.2, 0.25) is 0 Å². The Morgan fingerprint density at radius 2 is 2.06 bits per heavy atom. The molecule has 0 bridgehead atoms. The first-order valence-electron chi connectivity index (χ1n) is 4.96. The van der Waals surface area contributed by atoms with Crippen molar-refractivity contribution in [3.8, 4) is 5.75 Å². The zero-order valence-electron chi connectivity index (χ0n) is 9.27. The van der Waals surface area contributed by atoms with E-state index in [-0.39, 0.29) is 0 Å². The number of nitrogens with zero attached hydrogens (tertiary/aromatic N) is 1. The van der Waals surface area contributed by atoms with Gasteiger partial charge in [-0.25, -0.2) is 4.98 Å². The van der Waals surface area contributed by atoms with Crippen molar-refractivity contribution in [3.63, 3.8) is 0 Å². The molecule has 16 heavy (non-hydrogen) atoms. The summed E-state index contributed by atoms with van der Waals surface area (Å²) >= 11 is 3.50. The Morgan fingerprint density at radius 1 is 1.31 bits per heavy atom. The van der Waals surface area contributed by atoms with Gasteiger partial charge in [-0.2, -0.15) is 0 Å². The summed E-state index contributed by atoms with van der Waals surface area (Å²) in [6.45, 7) is 2.03. The maximum Gasteiger partial charge on any atom is 0.118 e. The summed E-state index contributed by atoms with van der Waals surface area (Å²) in [5.41, 5.74) is 1.16. The van der Waals surface area contributed by atoms with E-state index >= 15 is 0 Å². The van der Waals surface area contributed by atoms with Gasteiger partial charge in [0.1, 0.15) is 5.75 Å². The molecule has 0 radical (unpaired) electrons. The van der Waals surface area contributed by atoms with Crippen LogP contribution in [0.4, 0.5) is 0 Å². The predicted molar refractivity (Wildman–Crippen MR) is 69.4 cm³/mol. The highest BCUT2D eigenvalue weighted by Crippen LogP contribution is 2.25. The summed E-state index contributed by atoms with van der Waals surface area (Å²) in [4.78, 5) is 5.67. The molecule has 0 unspecified atom stereocenters. The van der Waals surface area contributed by atoms with Crippen molar-refractivity contribution in [3.05, 3.63) is 40.3 Å². The van der Waals surface area contributed by atoms with Crippen LogP contribution in [0.25, 0.3) is 0 Å². The fraction of sp³-hybridized carbons (Fsp3) is 0.250. The number of aryl methyl sites for hydroxylation is 1. The standard InChI is InChI=1S/C12H13NOS2/c1-9-13-10(7-15-9)8-16-12-5-3-11(14-2)4-6-12/h3-7H,8H2,1-2H3. The second-order valence-corrected chi connectivity index (χ2v) is 5.43. The van der Waals surface area contributed by atoms with E-state index < -0.39 is 0 Å². The molecule has 0 fully saturated rings. The summed E-state index contributed by atoms with van der Waals surface area (Å²) in [6.07, 6.45) is 0. The third-order valence-corrected chi connectivity index (χ3v) is 3.98. The number of benzene rings is 1. The fourth-order valence-electron chi connectivity index (χ4n) is 1.30. The Kier molecular flexibility index (Phi) is 3.85. The van der Waals surface area contributed by atoms with Crippen molar-refractivity contribution in [2.75, 3.05) is 7.11 Å². The molecule has 0 saturated carbocycles. The van der Waals surface area contributed by atoms with Gasteiger partial charge < -0.3 is 4.74 Å². The lowest BCUT2D eigenvalue weighted by Gasteiger charge is -2.01. The van der Waals surface area contributed by atoms with Crippen LogP contribution < -0.4 is 4.74 Å². The molecule has 0 aliphatic heterocycles. The SMILES string of the molecule is COc1ccc(SCc2csc(C)n2)cc1. The minimum absolute atomic E-state index is 0.897. The number of hydrogen-bond donors (Lipinski definition) is 0. The third kappa shape index (κ3) is 3.00. The van der Waals surface area contributed by atoms with E-state index in [0.717, 1.165) is 22.2 Å². The van der Waals surface area contributed by atoms with Crippen molar-refractivity contribution in [2.24, 2.45) is 0 Å². The number of thioether (sulfide) groups is 1. The van der Waals surface area contributed by atoms with E-state index in [1.807, 2.05) is 19.1 Å². The van der Waals surface area contributed by atoms with Crippen LogP contribution in [0.5, 0.6) is 5.75 Å². The quantitative estimate of drug-likeness (QED) is 0.773. The highest BCUT2D eigenvalue weighted by molar-refractivity contribution is 7.98. The zero-order valence-corrected chi connectivity index (χ0v) is 10.9. The predicted octanol–water partition coefficient (Wildman–Crippen LogP) is 3.75. The Balaban J connectivity index is 1.94. The molecule has 1 aromatic heterocycles. The van der Waals surface area contributed by atoms with E-state index in [1.54, 1.807) is 30.2 Å². The first kappa shape index (κ1) is 11.5. The summed E-state index contributed by atoms with van der Waals surface area (Å²) in [5.74, 6) is 1.82. The molecule has 1 aromatic carbocycles. The van der Waals surface area contributed by atoms with Crippen molar-refractivity contribution in [1.82, 2.24) is 4.98 Å². The average Bonchev–Trinajstić information content (AvgIpc) is 2.73. The minimum Gasteiger partial charge on any atom is -0.497 e. The van der Waals surface area contributed by atoms with E-state index in [0.29, 0.717) is 0 Å². The molecular weight excluding hydrogens is 238 g/mol. The molecule has 0 N–H and O–H groups in total. The Labute approximate surface area is 104 Å². The smallest absolute Gasteiger partial charge is 0.118 e. The van der Waals surface area contributed by atoms with E-state index in [9.17, 15) is 0 Å². The Hall–Kier alpha value is -1.00. The largest absolute Gasteiger partial charge is 0.497 e. The van der Waals surface area contributed by atoms with Gasteiger partial charge >= 0.3 is 0 Å². The lowest BCUT2D eigenvalue weighted by Crippen LogP contribution is -1.83. The molecule has 84 valence electrons. The molecule has 4 heteroatoms. The molecule has 1 heterocycles. The zero-order chi connectivity index (χ0) is 11.4. The number of rotatable bonds is 4. The Morgan fingerprint density at radius 3 is 2.62 bits per heavy atom. The second kappa shape index (κ2) is 5.37. The number of methoxy groups -OCH3 is 1. The van der Waals surface area contributed by atoms with Gasteiger partial charge in [0.05, 0.1) is 17.8 Å². The van der Waals surface area contributed by atoms with Crippen LogP contribution in [0.3, 0.4) is 0 Å². The highest BCUT2D eigenvalue weighted by Gasteiger charge is 2.00. The minimum atomic E-state index is 0.897. The summed E-state index contributed by atoms with van der Waals surface area (Å²) in [5, 5.41) is 3.25. The number of ether oxygens (including phenoxy) is 1. The van der Waals surface area contributed by atoms with Crippen LogP contribution in [0, 0.1) is 6.92 Å². The molecule has 0 atom stereocenters. The topological polar surface area (TPSA) is 22.1 Å². The van der Waals surface area contributed by atoms with Crippen LogP contribution in [-0.2, 0) is 5.75 Å². The van der Waals surface area contributed by atoms with Gasteiger partial charge in [0, 0.05) is 16.0 Å². The van der Waals surface area contributed by atoms with Crippen molar-refractivity contribution >= 4 is 23.1 Å². The maximum atomic E-state index is 5.12. The fourth-order valence-corrected chi connectivity index (χ4v) is 2.81. The van der Waals surface area contributed by atoms with Gasteiger partial charge in [-0.1, -0.05) is 0 Å². The molecular formula is C12H13NOS2. The average molecular weight is 251 g/mol. The molecule has 0 saturated heterocycles. The van der Waals surface area contributed by atoms with Crippen molar-refractivity contribution in [2.45, 2.75) is 17.6 Å². The summed E-state index contributed by atoms with van der Waals surface area (Å²) in [7, 11) is 1.68. The molecule has 0 aliphatic rings. The van der Waals surface area contributed by atoms with Gasteiger partial charge in [0.25, 0.3) is 0 Å².